The molecule has 1 fully saturated rings. The summed E-state index contributed by atoms with van der Waals surface area (Å²) < 4.78 is 1.90. The van der Waals surface area contributed by atoms with Crippen LogP contribution >= 0.6 is 12.2 Å². The Bertz CT molecular complexity index is 417. The summed E-state index contributed by atoms with van der Waals surface area (Å²) in [5.41, 5.74) is 5.57. The van der Waals surface area contributed by atoms with E-state index in [0.29, 0.717) is 4.77 Å². The number of nitrogen functional groups attached to an aromatic ring is 1. The summed E-state index contributed by atoms with van der Waals surface area (Å²) in [6.07, 6.45) is 2.16. The van der Waals surface area contributed by atoms with Gasteiger partial charge in [-0.05, 0) is 25.1 Å². The van der Waals surface area contributed by atoms with E-state index in [4.69, 9.17) is 18.0 Å². The van der Waals surface area contributed by atoms with Gasteiger partial charge < -0.3 is 10.6 Å². The van der Waals surface area contributed by atoms with Gasteiger partial charge in [0, 0.05) is 13.1 Å². The average Bonchev–Trinajstić information content (AvgIpc) is 2.82. The molecule has 7 heteroatoms. The molecule has 1 amide bonds. The Kier molecular flexibility index (Phi) is 2.72. The largest absolute Gasteiger partial charge is 0.368 e. The molecule has 82 valence electrons. The van der Waals surface area contributed by atoms with Crippen molar-refractivity contribution in [1.29, 1.82) is 0 Å². The maximum atomic E-state index is 11.8. The molecule has 0 spiro atoms. The first-order valence-corrected chi connectivity index (χ1v) is 5.28. The van der Waals surface area contributed by atoms with Gasteiger partial charge in [-0.25, -0.2) is 5.10 Å². The molecule has 1 saturated heterocycles. The lowest BCUT2D eigenvalue weighted by molar-refractivity contribution is -0.130. The van der Waals surface area contributed by atoms with Crippen LogP contribution < -0.4 is 5.73 Å². The number of anilines is 1. The lowest BCUT2D eigenvalue weighted by atomic mass is 10.4. The van der Waals surface area contributed by atoms with Gasteiger partial charge in [0.15, 0.2) is 4.77 Å². The Hall–Kier alpha value is -1.37. The highest BCUT2D eigenvalue weighted by Crippen LogP contribution is 2.09. The fraction of sp³-hybridized carbons (Fsp3) is 0.625. The monoisotopic (exact) mass is 227 g/mol. The van der Waals surface area contributed by atoms with Crippen LogP contribution in [-0.4, -0.2) is 38.7 Å². The van der Waals surface area contributed by atoms with E-state index in [9.17, 15) is 4.79 Å². The first-order valence-electron chi connectivity index (χ1n) is 4.87. The Balaban J connectivity index is 2.08. The Labute approximate surface area is 92.1 Å². The number of hydrogen-bond acceptors (Lipinski definition) is 4. The maximum absolute atomic E-state index is 11.8. The van der Waals surface area contributed by atoms with Crippen molar-refractivity contribution in [3.05, 3.63) is 4.77 Å². The summed E-state index contributed by atoms with van der Waals surface area (Å²) in [4.78, 5) is 13.6. The Morgan fingerprint density at radius 3 is 2.73 bits per heavy atom. The minimum Gasteiger partial charge on any atom is -0.368 e. The number of nitrogens with zero attached hydrogens (tertiary/aromatic N) is 3. The Morgan fingerprint density at radius 1 is 1.53 bits per heavy atom. The third kappa shape index (κ3) is 2.01. The molecule has 3 N–H and O–H groups in total. The number of rotatable bonds is 2. The van der Waals surface area contributed by atoms with Gasteiger partial charge in [0.2, 0.25) is 11.9 Å². The number of H-pyrrole nitrogens is 1. The topological polar surface area (TPSA) is 79.9 Å². The molecule has 15 heavy (non-hydrogen) atoms. The van der Waals surface area contributed by atoms with Crippen LogP contribution in [0.5, 0.6) is 0 Å². The summed E-state index contributed by atoms with van der Waals surface area (Å²) >= 11 is 4.96. The molecular formula is C8H13N5OS. The molecule has 0 aliphatic carbocycles. The number of aromatic nitrogens is 3. The van der Waals surface area contributed by atoms with Crippen LogP contribution in [0.15, 0.2) is 0 Å². The number of amides is 1. The maximum Gasteiger partial charge on any atom is 0.242 e. The lowest BCUT2D eigenvalue weighted by Crippen LogP contribution is -2.31. The zero-order valence-electron chi connectivity index (χ0n) is 8.27. The fourth-order valence-corrected chi connectivity index (χ4v) is 1.89. The van der Waals surface area contributed by atoms with E-state index < -0.39 is 0 Å². The summed E-state index contributed by atoms with van der Waals surface area (Å²) in [7, 11) is 0. The molecular weight excluding hydrogens is 214 g/mol. The molecule has 1 aromatic heterocycles. The summed E-state index contributed by atoms with van der Waals surface area (Å²) in [6, 6.07) is 0. The molecule has 6 nitrogen and oxygen atoms in total. The van der Waals surface area contributed by atoms with Gasteiger partial charge in [0.1, 0.15) is 6.54 Å². The fourth-order valence-electron chi connectivity index (χ4n) is 1.68. The minimum absolute atomic E-state index is 0.0525. The molecule has 1 aliphatic heterocycles. The SMILES string of the molecule is Nc1n[nH]c(=S)n1CC(=O)N1CCCC1. The van der Waals surface area contributed by atoms with E-state index >= 15 is 0 Å². The normalized spacial score (nSPS) is 15.9. The highest BCUT2D eigenvalue weighted by molar-refractivity contribution is 7.71. The number of aromatic amines is 1. The number of carbonyl (C=O) groups excluding carboxylic acids is 1. The molecule has 0 saturated carbocycles. The number of nitrogens with two attached hydrogens (primary N) is 1. The molecule has 0 aromatic carbocycles. The van der Waals surface area contributed by atoms with Crippen molar-refractivity contribution < 1.29 is 4.79 Å². The molecule has 1 aromatic rings. The van der Waals surface area contributed by atoms with E-state index in [1.54, 1.807) is 0 Å². The van der Waals surface area contributed by atoms with E-state index in [0.717, 1.165) is 25.9 Å². The van der Waals surface area contributed by atoms with Crippen LogP contribution in [0.1, 0.15) is 12.8 Å². The predicted octanol–water partition coefficient (Wildman–Crippen LogP) is 0.145. The second-order valence-corrected chi connectivity index (χ2v) is 3.95. The van der Waals surface area contributed by atoms with E-state index in [-0.39, 0.29) is 18.4 Å². The highest BCUT2D eigenvalue weighted by Gasteiger charge is 2.19. The molecule has 0 unspecified atom stereocenters. The molecule has 0 atom stereocenters. The second-order valence-electron chi connectivity index (χ2n) is 3.56. The average molecular weight is 227 g/mol. The molecule has 0 bridgehead atoms. The first-order chi connectivity index (χ1) is 7.18. The van der Waals surface area contributed by atoms with Crippen LogP contribution in [0.25, 0.3) is 0 Å². The summed E-state index contributed by atoms with van der Waals surface area (Å²) in [5.74, 6) is 0.309. The van der Waals surface area contributed by atoms with Gasteiger partial charge in [0.05, 0.1) is 0 Å². The number of likely N-dealkylation sites (tertiary alicyclic amines) is 1. The van der Waals surface area contributed by atoms with Gasteiger partial charge in [-0.15, -0.1) is 5.10 Å². The van der Waals surface area contributed by atoms with Crippen LogP contribution in [0.2, 0.25) is 0 Å². The zero-order valence-corrected chi connectivity index (χ0v) is 9.09. The van der Waals surface area contributed by atoms with Crippen molar-refractivity contribution in [3.8, 4) is 0 Å². The van der Waals surface area contributed by atoms with Crippen molar-refractivity contribution in [1.82, 2.24) is 19.7 Å². The van der Waals surface area contributed by atoms with Gasteiger partial charge in [-0.2, -0.15) is 0 Å². The van der Waals surface area contributed by atoms with Crippen LogP contribution in [0, 0.1) is 4.77 Å². The third-order valence-corrected chi connectivity index (χ3v) is 2.85. The van der Waals surface area contributed by atoms with Crippen molar-refractivity contribution in [2.75, 3.05) is 18.8 Å². The van der Waals surface area contributed by atoms with E-state index in [1.165, 1.54) is 4.57 Å². The van der Waals surface area contributed by atoms with Crippen molar-refractivity contribution in [2.45, 2.75) is 19.4 Å². The number of carbonyl (C=O) groups is 1. The standard InChI is InChI=1S/C8H13N5OS/c9-7-10-11-8(15)13(7)5-6(14)12-3-1-2-4-12/h1-5H2,(H2,9,10)(H,11,15). The minimum atomic E-state index is 0.0525. The van der Waals surface area contributed by atoms with E-state index in [2.05, 4.69) is 10.2 Å². The lowest BCUT2D eigenvalue weighted by Gasteiger charge is -2.15. The van der Waals surface area contributed by atoms with Gasteiger partial charge >= 0.3 is 0 Å². The quantitative estimate of drug-likeness (QED) is 0.705. The van der Waals surface area contributed by atoms with Crippen molar-refractivity contribution in [2.24, 2.45) is 0 Å². The predicted molar refractivity (Wildman–Crippen MR) is 57.6 cm³/mol. The Morgan fingerprint density at radius 2 is 2.20 bits per heavy atom. The number of hydrogen-bond donors (Lipinski definition) is 2. The molecule has 0 radical (unpaired) electrons. The first kappa shape index (κ1) is 10.2. The smallest absolute Gasteiger partial charge is 0.242 e. The van der Waals surface area contributed by atoms with Crippen molar-refractivity contribution in [3.63, 3.8) is 0 Å². The molecule has 1 aliphatic rings. The summed E-state index contributed by atoms with van der Waals surface area (Å²) in [6.45, 7) is 1.86. The number of nitrogens with one attached hydrogen (secondary N) is 1. The third-order valence-electron chi connectivity index (χ3n) is 2.54. The van der Waals surface area contributed by atoms with E-state index in [1.807, 2.05) is 4.90 Å². The van der Waals surface area contributed by atoms with Crippen LogP contribution in [-0.2, 0) is 11.3 Å². The second kappa shape index (κ2) is 4.01. The van der Waals surface area contributed by atoms with Gasteiger partial charge in [-0.3, -0.25) is 9.36 Å². The molecule has 2 heterocycles. The van der Waals surface area contributed by atoms with Crippen molar-refractivity contribution >= 4 is 24.1 Å². The van der Waals surface area contributed by atoms with Gasteiger partial charge in [0.25, 0.3) is 0 Å². The zero-order chi connectivity index (χ0) is 10.8. The van der Waals surface area contributed by atoms with Crippen LogP contribution in [0.4, 0.5) is 5.95 Å². The van der Waals surface area contributed by atoms with Crippen LogP contribution in [0.3, 0.4) is 0 Å². The molecule has 2 rings (SSSR count). The van der Waals surface area contributed by atoms with Gasteiger partial charge in [-0.1, -0.05) is 0 Å². The highest BCUT2D eigenvalue weighted by atomic mass is 32.1. The summed E-state index contributed by atoms with van der Waals surface area (Å²) in [5, 5.41) is 6.30.